The number of aromatic hydroxyl groups is 1. The third-order valence-corrected chi connectivity index (χ3v) is 3.86. The number of rotatable bonds is 3. The molecule has 0 spiro atoms. The van der Waals surface area contributed by atoms with Crippen LogP contribution in [0.3, 0.4) is 0 Å². The Balaban J connectivity index is 1.84. The Bertz CT molecular complexity index is 724. The molecule has 1 aromatic heterocycles. The molecule has 3 aromatic rings. The molecule has 0 bridgehead atoms. The molecule has 3 rings (SSSR count). The van der Waals surface area contributed by atoms with Crippen molar-refractivity contribution in [2.75, 3.05) is 0 Å². The van der Waals surface area contributed by atoms with E-state index in [2.05, 4.69) is 4.98 Å². The summed E-state index contributed by atoms with van der Waals surface area (Å²) in [5, 5.41) is 12.6. The average Bonchev–Trinajstić information content (AvgIpc) is 2.92. The second-order valence-corrected chi connectivity index (χ2v) is 5.38. The molecule has 0 atom stereocenters. The van der Waals surface area contributed by atoms with Gasteiger partial charge in [-0.3, -0.25) is 0 Å². The molecule has 0 fully saturated rings. The topological polar surface area (TPSA) is 33.1 Å². The Morgan fingerprint density at radius 3 is 2.65 bits per heavy atom. The molecule has 0 saturated carbocycles. The predicted molar refractivity (Wildman–Crippen MR) is 78.4 cm³/mol. The molecule has 0 aliphatic carbocycles. The summed E-state index contributed by atoms with van der Waals surface area (Å²) in [6, 6.07) is 14.0. The van der Waals surface area contributed by atoms with Gasteiger partial charge in [-0.25, -0.2) is 9.37 Å². The minimum Gasteiger partial charge on any atom is -0.508 e. The van der Waals surface area contributed by atoms with Crippen LogP contribution < -0.4 is 0 Å². The minimum absolute atomic E-state index is 0.0264. The summed E-state index contributed by atoms with van der Waals surface area (Å²) >= 11 is 1.54. The summed E-state index contributed by atoms with van der Waals surface area (Å²) < 4.78 is 12.9. The Labute approximate surface area is 120 Å². The first kappa shape index (κ1) is 12.8. The quantitative estimate of drug-likeness (QED) is 0.780. The van der Waals surface area contributed by atoms with Crippen LogP contribution in [0.4, 0.5) is 4.39 Å². The zero-order chi connectivity index (χ0) is 13.9. The number of hydrogen-bond donors (Lipinski definition) is 1. The highest BCUT2D eigenvalue weighted by Gasteiger charge is 2.08. The van der Waals surface area contributed by atoms with E-state index in [0.717, 1.165) is 22.3 Å². The first-order valence-corrected chi connectivity index (χ1v) is 7.07. The number of aromatic nitrogens is 1. The Morgan fingerprint density at radius 2 is 1.90 bits per heavy atom. The highest BCUT2D eigenvalue weighted by Crippen LogP contribution is 2.26. The molecule has 2 nitrogen and oxygen atoms in total. The predicted octanol–water partition coefficient (Wildman–Crippen LogP) is 4.25. The highest BCUT2D eigenvalue weighted by molar-refractivity contribution is 7.10. The van der Waals surface area contributed by atoms with Crippen LogP contribution in [-0.4, -0.2) is 10.1 Å². The maximum Gasteiger partial charge on any atom is 0.126 e. The van der Waals surface area contributed by atoms with Crippen molar-refractivity contribution in [3.8, 4) is 17.0 Å². The maximum atomic E-state index is 12.9. The van der Waals surface area contributed by atoms with Crippen LogP contribution in [0.5, 0.6) is 5.75 Å². The normalized spacial score (nSPS) is 10.7. The van der Waals surface area contributed by atoms with Crippen molar-refractivity contribution in [3.05, 3.63) is 70.3 Å². The van der Waals surface area contributed by atoms with E-state index >= 15 is 0 Å². The number of halogens is 1. The molecule has 20 heavy (non-hydrogen) atoms. The first-order valence-electron chi connectivity index (χ1n) is 6.19. The van der Waals surface area contributed by atoms with E-state index in [0.29, 0.717) is 12.0 Å². The lowest BCUT2D eigenvalue weighted by molar-refractivity contribution is 0.463. The number of nitrogens with zero attached hydrogens (tertiary/aromatic N) is 1. The molecule has 0 amide bonds. The molecular formula is C16H12FNOS. The summed E-state index contributed by atoms with van der Waals surface area (Å²) in [5.41, 5.74) is 2.67. The summed E-state index contributed by atoms with van der Waals surface area (Å²) in [6.45, 7) is 0. The number of benzene rings is 2. The fraction of sp³-hybridized carbons (Fsp3) is 0.0625. The van der Waals surface area contributed by atoms with Gasteiger partial charge in [-0.1, -0.05) is 36.4 Å². The standard InChI is InChI=1S/C16H12FNOS/c17-13-7-6-12(15(19)9-13)8-16-18-14(10-20-16)11-4-2-1-3-5-11/h1-7,9-10,19H,8H2. The average molecular weight is 285 g/mol. The van der Waals surface area contributed by atoms with Crippen LogP contribution >= 0.6 is 11.3 Å². The van der Waals surface area contributed by atoms with Crippen LogP contribution in [0.2, 0.25) is 0 Å². The summed E-state index contributed by atoms with van der Waals surface area (Å²) in [7, 11) is 0. The largest absolute Gasteiger partial charge is 0.508 e. The van der Waals surface area contributed by atoms with Crippen molar-refractivity contribution in [2.24, 2.45) is 0 Å². The van der Waals surface area contributed by atoms with Gasteiger partial charge in [0.25, 0.3) is 0 Å². The smallest absolute Gasteiger partial charge is 0.126 e. The van der Waals surface area contributed by atoms with E-state index < -0.39 is 5.82 Å². The van der Waals surface area contributed by atoms with Crippen LogP contribution in [0.1, 0.15) is 10.6 Å². The lowest BCUT2D eigenvalue weighted by Gasteiger charge is -2.02. The maximum absolute atomic E-state index is 12.9. The van der Waals surface area contributed by atoms with E-state index in [4.69, 9.17) is 0 Å². The second-order valence-electron chi connectivity index (χ2n) is 4.44. The molecule has 100 valence electrons. The van der Waals surface area contributed by atoms with E-state index in [1.54, 1.807) is 6.07 Å². The van der Waals surface area contributed by atoms with Gasteiger partial charge in [0.1, 0.15) is 11.6 Å². The van der Waals surface area contributed by atoms with E-state index in [9.17, 15) is 9.50 Å². The number of phenolic OH excluding ortho intramolecular Hbond substituents is 1. The molecule has 1 N–H and O–H groups in total. The van der Waals surface area contributed by atoms with Crippen LogP contribution in [0, 0.1) is 5.82 Å². The Hall–Kier alpha value is -2.20. The molecule has 0 radical (unpaired) electrons. The fourth-order valence-corrected chi connectivity index (χ4v) is 2.81. The van der Waals surface area contributed by atoms with E-state index in [1.807, 2.05) is 35.7 Å². The van der Waals surface area contributed by atoms with E-state index in [1.165, 1.54) is 17.4 Å². The third-order valence-electron chi connectivity index (χ3n) is 3.01. The minimum atomic E-state index is -0.435. The van der Waals surface area contributed by atoms with Gasteiger partial charge >= 0.3 is 0 Å². The van der Waals surface area contributed by atoms with Crippen LogP contribution in [0.25, 0.3) is 11.3 Å². The van der Waals surface area contributed by atoms with Crippen molar-refractivity contribution in [1.82, 2.24) is 4.98 Å². The van der Waals surface area contributed by atoms with Gasteiger partial charge in [-0.15, -0.1) is 11.3 Å². The van der Waals surface area contributed by atoms with Crippen LogP contribution in [0.15, 0.2) is 53.9 Å². The lowest BCUT2D eigenvalue weighted by atomic mass is 10.1. The molecular weight excluding hydrogens is 273 g/mol. The van der Waals surface area contributed by atoms with Gasteiger partial charge < -0.3 is 5.11 Å². The van der Waals surface area contributed by atoms with Gasteiger partial charge in [-0.05, 0) is 6.07 Å². The SMILES string of the molecule is Oc1cc(F)ccc1Cc1nc(-c2ccccc2)cs1. The van der Waals surface area contributed by atoms with Crippen molar-refractivity contribution < 1.29 is 9.50 Å². The van der Waals surface area contributed by atoms with Gasteiger partial charge in [0.15, 0.2) is 0 Å². The monoisotopic (exact) mass is 285 g/mol. The Kier molecular flexibility index (Phi) is 3.48. The highest BCUT2D eigenvalue weighted by atomic mass is 32.1. The number of thiazole rings is 1. The van der Waals surface area contributed by atoms with Gasteiger partial charge in [0.2, 0.25) is 0 Å². The number of hydrogen-bond acceptors (Lipinski definition) is 3. The molecule has 0 aliphatic heterocycles. The van der Waals surface area contributed by atoms with Crippen molar-refractivity contribution in [1.29, 1.82) is 0 Å². The summed E-state index contributed by atoms with van der Waals surface area (Å²) in [5.74, 6) is -0.461. The molecule has 0 saturated heterocycles. The van der Waals surface area contributed by atoms with Gasteiger partial charge in [-0.2, -0.15) is 0 Å². The molecule has 1 heterocycles. The zero-order valence-corrected chi connectivity index (χ0v) is 11.4. The van der Waals surface area contributed by atoms with Gasteiger partial charge in [0, 0.05) is 29.0 Å². The number of phenols is 1. The van der Waals surface area contributed by atoms with Crippen molar-refractivity contribution in [3.63, 3.8) is 0 Å². The molecule has 2 aromatic carbocycles. The summed E-state index contributed by atoms with van der Waals surface area (Å²) in [4.78, 5) is 4.55. The molecule has 0 unspecified atom stereocenters. The molecule has 0 aliphatic rings. The first-order chi connectivity index (χ1) is 9.72. The van der Waals surface area contributed by atoms with Crippen molar-refractivity contribution in [2.45, 2.75) is 6.42 Å². The van der Waals surface area contributed by atoms with Crippen molar-refractivity contribution >= 4 is 11.3 Å². The van der Waals surface area contributed by atoms with E-state index in [-0.39, 0.29) is 5.75 Å². The Morgan fingerprint density at radius 1 is 1.10 bits per heavy atom. The van der Waals surface area contributed by atoms with Gasteiger partial charge in [0.05, 0.1) is 10.7 Å². The fourth-order valence-electron chi connectivity index (χ4n) is 1.98. The third kappa shape index (κ3) is 2.70. The van der Waals surface area contributed by atoms with Crippen LogP contribution in [-0.2, 0) is 6.42 Å². The second kappa shape index (κ2) is 5.43. The summed E-state index contributed by atoms with van der Waals surface area (Å²) in [6.07, 6.45) is 0.504. The lowest BCUT2D eigenvalue weighted by Crippen LogP contribution is -1.89. The zero-order valence-electron chi connectivity index (χ0n) is 10.6. The molecule has 4 heteroatoms.